The van der Waals surface area contributed by atoms with Crippen molar-refractivity contribution in [1.29, 1.82) is 0 Å². The second-order valence-electron chi connectivity index (χ2n) is 11.0. The topological polar surface area (TPSA) is 91.2 Å². The third-order valence-electron chi connectivity index (χ3n) is 7.49. The molecule has 198 valence electrons. The first-order chi connectivity index (χ1) is 17.6. The molecule has 0 bridgehead atoms. The normalized spacial score (nSPS) is 23.1. The zero-order chi connectivity index (χ0) is 26.6. The molecule has 8 heteroatoms. The van der Waals surface area contributed by atoms with Gasteiger partial charge in [0, 0.05) is 18.2 Å². The number of para-hydroxylation sites is 1. The molecule has 1 heterocycles. The van der Waals surface area contributed by atoms with E-state index in [1.54, 1.807) is 12.1 Å². The number of hydrogen-bond acceptors (Lipinski definition) is 4. The summed E-state index contributed by atoms with van der Waals surface area (Å²) in [4.78, 5) is 30.2. The first-order valence-corrected chi connectivity index (χ1v) is 13.4. The molecule has 1 aliphatic carbocycles. The van der Waals surface area contributed by atoms with Crippen molar-refractivity contribution in [2.45, 2.75) is 65.0 Å². The van der Waals surface area contributed by atoms with Crippen molar-refractivity contribution in [1.82, 2.24) is 10.2 Å². The number of carbonyl (C=O) groups excluding carboxylic acids is 1. The van der Waals surface area contributed by atoms with E-state index in [0.29, 0.717) is 46.3 Å². The van der Waals surface area contributed by atoms with Gasteiger partial charge in [0.2, 0.25) is 0 Å². The molecule has 1 saturated carbocycles. The number of amides is 1. The summed E-state index contributed by atoms with van der Waals surface area (Å²) in [5.41, 5.74) is 2.52. The summed E-state index contributed by atoms with van der Waals surface area (Å²) in [7, 11) is 0. The third-order valence-corrected chi connectivity index (χ3v) is 7.81. The SMILES string of the molecule is CC(C)(C)C1CCC(N2/C(=N/c3ccccc3Cl)OCC2c2ccc(C(=O)NCCC(=O)O)cc2)CC1. The van der Waals surface area contributed by atoms with Gasteiger partial charge in [-0.05, 0) is 66.8 Å². The molecule has 7 nitrogen and oxygen atoms in total. The number of benzene rings is 2. The van der Waals surface area contributed by atoms with Crippen molar-refractivity contribution in [2.75, 3.05) is 13.2 Å². The van der Waals surface area contributed by atoms with Crippen LogP contribution in [0.5, 0.6) is 0 Å². The molecule has 0 aromatic heterocycles. The predicted octanol–water partition coefficient (Wildman–Crippen LogP) is 6.21. The van der Waals surface area contributed by atoms with Crippen LogP contribution in [0.3, 0.4) is 0 Å². The number of rotatable bonds is 7. The first kappa shape index (κ1) is 27.0. The van der Waals surface area contributed by atoms with E-state index in [-0.39, 0.29) is 24.9 Å². The van der Waals surface area contributed by atoms with Crippen LogP contribution >= 0.6 is 11.6 Å². The highest BCUT2D eigenvalue weighted by molar-refractivity contribution is 6.33. The maximum Gasteiger partial charge on any atom is 0.305 e. The molecule has 2 aromatic carbocycles. The van der Waals surface area contributed by atoms with E-state index in [1.807, 2.05) is 36.4 Å². The summed E-state index contributed by atoms with van der Waals surface area (Å²) in [5.74, 6) is -0.537. The molecule has 1 aliphatic heterocycles. The number of carbonyl (C=O) groups is 2. The maximum atomic E-state index is 12.4. The molecule has 0 radical (unpaired) electrons. The molecule has 2 aromatic rings. The highest BCUT2D eigenvalue weighted by Gasteiger charge is 2.40. The van der Waals surface area contributed by atoms with Gasteiger partial charge in [0.25, 0.3) is 11.9 Å². The Hall–Kier alpha value is -3.06. The minimum absolute atomic E-state index is 0.0263. The Morgan fingerprint density at radius 3 is 2.38 bits per heavy atom. The number of nitrogens with one attached hydrogen (secondary N) is 1. The van der Waals surface area contributed by atoms with E-state index in [2.05, 4.69) is 31.0 Å². The van der Waals surface area contributed by atoms with Crippen LogP contribution in [-0.4, -0.2) is 47.1 Å². The average molecular weight is 526 g/mol. The molecule has 2 aliphatic rings. The van der Waals surface area contributed by atoms with Crippen molar-refractivity contribution < 1.29 is 19.4 Å². The second-order valence-corrected chi connectivity index (χ2v) is 11.4. The van der Waals surface area contributed by atoms with E-state index in [0.717, 1.165) is 31.2 Å². The molecular weight excluding hydrogens is 490 g/mol. The number of aliphatic imine (C=N–C) groups is 1. The largest absolute Gasteiger partial charge is 0.481 e. The molecule has 1 saturated heterocycles. The lowest BCUT2D eigenvalue weighted by molar-refractivity contribution is -0.136. The Balaban J connectivity index is 1.56. The van der Waals surface area contributed by atoms with E-state index in [4.69, 9.17) is 26.4 Å². The van der Waals surface area contributed by atoms with Crippen LogP contribution < -0.4 is 5.32 Å². The van der Waals surface area contributed by atoms with Gasteiger partial charge in [-0.1, -0.05) is 56.6 Å². The lowest BCUT2D eigenvalue weighted by atomic mass is 9.71. The predicted molar refractivity (Wildman–Crippen MR) is 145 cm³/mol. The van der Waals surface area contributed by atoms with Crippen LogP contribution in [0.1, 0.15) is 74.8 Å². The van der Waals surface area contributed by atoms with Gasteiger partial charge < -0.3 is 20.1 Å². The molecule has 1 amide bonds. The number of halogens is 1. The Bertz CT molecular complexity index is 1130. The molecule has 2 fully saturated rings. The van der Waals surface area contributed by atoms with Crippen LogP contribution in [-0.2, 0) is 9.53 Å². The monoisotopic (exact) mass is 525 g/mol. The minimum atomic E-state index is -0.942. The zero-order valence-corrected chi connectivity index (χ0v) is 22.5. The van der Waals surface area contributed by atoms with Gasteiger partial charge in [-0.2, -0.15) is 4.99 Å². The quantitative estimate of drug-likeness (QED) is 0.448. The lowest BCUT2D eigenvalue weighted by Gasteiger charge is -2.41. The van der Waals surface area contributed by atoms with Crippen molar-refractivity contribution in [3.05, 3.63) is 64.7 Å². The summed E-state index contributed by atoms with van der Waals surface area (Å²) in [5, 5.41) is 12.0. The summed E-state index contributed by atoms with van der Waals surface area (Å²) in [6.07, 6.45) is 4.34. The second kappa shape index (κ2) is 11.5. The number of carboxylic acid groups (broad SMARTS) is 1. The van der Waals surface area contributed by atoms with Crippen molar-refractivity contribution in [2.24, 2.45) is 16.3 Å². The summed E-state index contributed by atoms with van der Waals surface area (Å²) < 4.78 is 6.17. The van der Waals surface area contributed by atoms with E-state index < -0.39 is 5.97 Å². The Kier molecular flexibility index (Phi) is 8.42. The zero-order valence-electron chi connectivity index (χ0n) is 21.7. The molecule has 4 rings (SSSR count). The Morgan fingerprint density at radius 2 is 1.76 bits per heavy atom. The lowest BCUT2D eigenvalue weighted by Crippen LogP contribution is -2.42. The average Bonchev–Trinajstić information content (AvgIpc) is 3.28. The summed E-state index contributed by atoms with van der Waals surface area (Å²) in [6.45, 7) is 7.53. The number of ether oxygens (including phenoxy) is 1. The number of carboxylic acids is 1. The highest BCUT2D eigenvalue weighted by atomic mass is 35.5. The Labute approximate surface area is 223 Å². The molecular formula is C29H36ClN3O4. The van der Waals surface area contributed by atoms with Gasteiger partial charge in [-0.25, -0.2) is 0 Å². The fourth-order valence-corrected chi connectivity index (χ4v) is 5.48. The standard InChI is InChI=1S/C29H36ClN3O4/c1-29(2,3)21-12-14-22(15-13-21)33-25(18-37-28(33)32-24-7-5-4-6-23(24)30)19-8-10-20(11-9-19)27(36)31-17-16-26(34)35/h4-11,21-22,25H,12-18H2,1-3H3,(H,31,36)(H,34,35)/b32-28-. The van der Waals surface area contributed by atoms with E-state index in [1.165, 1.54) is 0 Å². The van der Waals surface area contributed by atoms with Crippen LogP contribution in [0, 0.1) is 11.3 Å². The molecule has 2 N–H and O–H groups in total. The number of aliphatic carboxylic acids is 1. The van der Waals surface area contributed by atoms with Gasteiger partial charge in [0.05, 0.1) is 23.2 Å². The van der Waals surface area contributed by atoms with E-state index >= 15 is 0 Å². The van der Waals surface area contributed by atoms with E-state index in [9.17, 15) is 9.59 Å². The molecule has 37 heavy (non-hydrogen) atoms. The fourth-order valence-electron chi connectivity index (χ4n) is 5.31. The maximum absolute atomic E-state index is 12.4. The van der Waals surface area contributed by atoms with Crippen LogP contribution in [0.15, 0.2) is 53.5 Å². The summed E-state index contributed by atoms with van der Waals surface area (Å²) in [6, 6.07) is 15.8. The van der Waals surface area contributed by atoms with Gasteiger partial charge >= 0.3 is 5.97 Å². The van der Waals surface area contributed by atoms with Gasteiger partial charge in [0.1, 0.15) is 6.61 Å². The smallest absolute Gasteiger partial charge is 0.305 e. The highest BCUT2D eigenvalue weighted by Crippen LogP contribution is 2.42. The molecule has 0 spiro atoms. The van der Waals surface area contributed by atoms with Crippen LogP contribution in [0.4, 0.5) is 5.69 Å². The van der Waals surface area contributed by atoms with Crippen molar-refractivity contribution >= 4 is 35.2 Å². The third kappa shape index (κ3) is 6.63. The van der Waals surface area contributed by atoms with Crippen molar-refractivity contribution in [3.8, 4) is 0 Å². The minimum Gasteiger partial charge on any atom is -0.481 e. The van der Waals surface area contributed by atoms with Crippen LogP contribution in [0.2, 0.25) is 5.02 Å². The molecule has 1 unspecified atom stereocenters. The van der Waals surface area contributed by atoms with Gasteiger partial charge in [0.15, 0.2) is 0 Å². The number of nitrogens with zero attached hydrogens (tertiary/aromatic N) is 2. The number of hydrogen-bond donors (Lipinski definition) is 2. The van der Waals surface area contributed by atoms with Crippen LogP contribution in [0.25, 0.3) is 0 Å². The molecule has 1 atom stereocenters. The Morgan fingerprint density at radius 1 is 1.08 bits per heavy atom. The van der Waals surface area contributed by atoms with Gasteiger partial charge in [-0.3, -0.25) is 9.59 Å². The number of amidine groups is 1. The first-order valence-electron chi connectivity index (χ1n) is 13.0. The van der Waals surface area contributed by atoms with Gasteiger partial charge in [-0.15, -0.1) is 0 Å². The van der Waals surface area contributed by atoms with Crippen molar-refractivity contribution in [3.63, 3.8) is 0 Å². The fraction of sp³-hybridized carbons (Fsp3) is 0.483. The summed E-state index contributed by atoms with van der Waals surface area (Å²) >= 11 is 6.41.